The number of nitrogens with two attached hydrogens (primary N) is 1. The Hall–Kier alpha value is -2.68. The maximum absolute atomic E-state index is 11.9. The Bertz CT molecular complexity index is 642. The molecule has 0 saturated heterocycles. The summed E-state index contributed by atoms with van der Waals surface area (Å²) in [6, 6.07) is 4.74. The fourth-order valence-electron chi connectivity index (χ4n) is 1.46. The highest BCUT2D eigenvalue weighted by atomic mass is 32.1. The summed E-state index contributed by atoms with van der Waals surface area (Å²) in [4.78, 5) is 12.3. The van der Waals surface area contributed by atoms with Gasteiger partial charge in [-0.15, -0.1) is 5.10 Å². The number of rotatable bonds is 4. The van der Waals surface area contributed by atoms with E-state index in [2.05, 4.69) is 20.1 Å². The molecular formula is C11H11N5O3S. The molecule has 0 aliphatic rings. The van der Waals surface area contributed by atoms with E-state index in [-0.39, 0.29) is 11.7 Å². The first-order valence-corrected chi connectivity index (χ1v) is 6.17. The number of nitrogens with zero attached hydrogens (tertiary/aromatic N) is 3. The van der Waals surface area contributed by atoms with Gasteiger partial charge in [0.1, 0.15) is 10.6 Å². The smallest absolute Gasteiger partial charge is 0.269 e. The van der Waals surface area contributed by atoms with Crippen molar-refractivity contribution in [2.45, 2.75) is 0 Å². The van der Waals surface area contributed by atoms with Crippen molar-refractivity contribution in [1.29, 1.82) is 0 Å². The van der Waals surface area contributed by atoms with Crippen LogP contribution in [0.4, 0.5) is 5.69 Å². The van der Waals surface area contributed by atoms with Crippen LogP contribution in [0.2, 0.25) is 0 Å². The molecule has 0 atom stereocenters. The van der Waals surface area contributed by atoms with Crippen LogP contribution in [0.5, 0.6) is 5.75 Å². The third kappa shape index (κ3) is 2.83. The summed E-state index contributed by atoms with van der Waals surface area (Å²) in [5.41, 5.74) is 6.42. The lowest BCUT2D eigenvalue weighted by atomic mass is 10.1. The van der Waals surface area contributed by atoms with Gasteiger partial charge in [0.2, 0.25) is 0 Å². The number of methoxy groups -OCH3 is 1. The molecule has 0 bridgehead atoms. The Balaban J connectivity index is 2.26. The fourth-order valence-corrected chi connectivity index (χ4v) is 1.87. The second kappa shape index (κ2) is 5.97. The quantitative estimate of drug-likeness (QED) is 0.333. The molecule has 0 aliphatic heterocycles. The second-order valence-corrected chi connectivity index (χ2v) is 4.42. The molecule has 0 fully saturated rings. The van der Waals surface area contributed by atoms with E-state index in [0.29, 0.717) is 21.9 Å². The highest BCUT2D eigenvalue weighted by Gasteiger charge is 2.13. The zero-order valence-corrected chi connectivity index (χ0v) is 11.2. The van der Waals surface area contributed by atoms with E-state index >= 15 is 0 Å². The molecule has 1 heterocycles. The van der Waals surface area contributed by atoms with Crippen LogP contribution in [0.15, 0.2) is 29.6 Å². The lowest BCUT2D eigenvalue weighted by Crippen LogP contribution is -2.15. The van der Waals surface area contributed by atoms with Crippen LogP contribution in [0, 0.1) is 0 Å². The predicted molar refractivity (Wildman–Crippen MR) is 73.4 cm³/mol. The van der Waals surface area contributed by atoms with Crippen molar-refractivity contribution < 1.29 is 14.7 Å². The Morgan fingerprint density at radius 3 is 2.95 bits per heavy atom. The Labute approximate surface area is 118 Å². The predicted octanol–water partition coefficient (Wildman–Crippen LogP) is 0.893. The van der Waals surface area contributed by atoms with Crippen molar-refractivity contribution in [2.24, 2.45) is 10.9 Å². The van der Waals surface area contributed by atoms with Crippen molar-refractivity contribution in [3.8, 4) is 5.75 Å². The maximum atomic E-state index is 11.9. The monoisotopic (exact) mass is 293 g/mol. The molecule has 20 heavy (non-hydrogen) atoms. The van der Waals surface area contributed by atoms with Gasteiger partial charge in [0, 0.05) is 5.56 Å². The summed E-state index contributed by atoms with van der Waals surface area (Å²) in [5, 5.41) is 17.8. The number of carbonyl (C=O) groups excluding carboxylic acids is 1. The number of amidine groups is 1. The minimum absolute atomic E-state index is 0.0483. The first-order valence-electron chi connectivity index (χ1n) is 5.40. The number of oxime groups is 1. The van der Waals surface area contributed by atoms with Crippen molar-refractivity contribution in [1.82, 2.24) is 9.59 Å². The second-order valence-electron chi connectivity index (χ2n) is 3.64. The summed E-state index contributed by atoms with van der Waals surface area (Å²) in [6.45, 7) is 0. The molecule has 0 aliphatic carbocycles. The minimum atomic E-state index is -0.338. The molecule has 9 heteroatoms. The van der Waals surface area contributed by atoms with Crippen LogP contribution in [0.1, 0.15) is 15.2 Å². The van der Waals surface area contributed by atoms with Crippen LogP contribution < -0.4 is 15.8 Å². The van der Waals surface area contributed by atoms with Gasteiger partial charge < -0.3 is 21.0 Å². The number of hydrogen-bond donors (Lipinski definition) is 3. The maximum Gasteiger partial charge on any atom is 0.269 e. The number of benzene rings is 1. The summed E-state index contributed by atoms with van der Waals surface area (Å²) >= 11 is 0.989. The van der Waals surface area contributed by atoms with E-state index in [4.69, 9.17) is 15.7 Å². The standard InChI is InChI=1S/C11H11N5O3S/c1-19-8-4-6(10(12)15-18)2-3-7(8)14-11(17)9-5-13-16-20-9/h2-5,18H,1H3,(H2,12,15)(H,14,17). The topological polar surface area (TPSA) is 123 Å². The van der Waals surface area contributed by atoms with Gasteiger partial charge in [-0.2, -0.15) is 0 Å². The molecule has 2 rings (SSSR count). The lowest BCUT2D eigenvalue weighted by molar-refractivity contribution is 0.103. The fraction of sp³-hybridized carbons (Fsp3) is 0.0909. The molecule has 0 spiro atoms. The van der Waals surface area contributed by atoms with Crippen LogP contribution in [0.3, 0.4) is 0 Å². The van der Waals surface area contributed by atoms with E-state index in [1.54, 1.807) is 18.2 Å². The van der Waals surface area contributed by atoms with Crippen molar-refractivity contribution in [3.05, 3.63) is 34.8 Å². The van der Waals surface area contributed by atoms with Gasteiger partial charge in [0.05, 0.1) is 19.0 Å². The third-order valence-electron chi connectivity index (χ3n) is 2.44. The molecule has 4 N–H and O–H groups in total. The van der Waals surface area contributed by atoms with E-state index in [1.165, 1.54) is 13.3 Å². The summed E-state index contributed by atoms with van der Waals surface area (Å²) in [7, 11) is 1.45. The van der Waals surface area contributed by atoms with Crippen molar-refractivity contribution in [3.63, 3.8) is 0 Å². The normalized spacial score (nSPS) is 11.2. The molecule has 0 saturated carbocycles. The lowest BCUT2D eigenvalue weighted by Gasteiger charge is -2.10. The molecule has 1 amide bonds. The molecule has 1 aromatic heterocycles. The highest BCUT2D eigenvalue weighted by Crippen LogP contribution is 2.26. The molecule has 2 aromatic rings. The average Bonchev–Trinajstić information content (AvgIpc) is 3.01. The molecule has 0 radical (unpaired) electrons. The molecule has 1 aromatic carbocycles. The van der Waals surface area contributed by atoms with Crippen molar-refractivity contribution >= 4 is 29.0 Å². The minimum Gasteiger partial charge on any atom is -0.495 e. The summed E-state index contributed by atoms with van der Waals surface area (Å²) in [5.74, 6) is 0.00241. The Kier molecular flexibility index (Phi) is 4.11. The van der Waals surface area contributed by atoms with Gasteiger partial charge in [0.25, 0.3) is 5.91 Å². The van der Waals surface area contributed by atoms with E-state index in [1.807, 2.05) is 0 Å². The molecule has 0 unspecified atom stereocenters. The number of hydrogen-bond acceptors (Lipinski definition) is 7. The largest absolute Gasteiger partial charge is 0.495 e. The van der Waals surface area contributed by atoms with Gasteiger partial charge in [0.15, 0.2) is 5.84 Å². The van der Waals surface area contributed by atoms with Crippen LogP contribution >= 0.6 is 11.5 Å². The van der Waals surface area contributed by atoms with Gasteiger partial charge >= 0.3 is 0 Å². The van der Waals surface area contributed by atoms with Crippen LogP contribution in [0.25, 0.3) is 0 Å². The van der Waals surface area contributed by atoms with Gasteiger partial charge in [-0.25, -0.2) is 0 Å². The highest BCUT2D eigenvalue weighted by molar-refractivity contribution is 7.07. The molecule has 8 nitrogen and oxygen atoms in total. The van der Waals surface area contributed by atoms with Gasteiger partial charge in [-0.3, -0.25) is 4.79 Å². The van der Waals surface area contributed by atoms with E-state index in [0.717, 1.165) is 11.5 Å². The Morgan fingerprint density at radius 2 is 2.35 bits per heavy atom. The number of carbonyl (C=O) groups is 1. The first kappa shape index (κ1) is 13.7. The van der Waals surface area contributed by atoms with E-state index < -0.39 is 0 Å². The average molecular weight is 293 g/mol. The number of ether oxygens (including phenoxy) is 1. The first-order chi connectivity index (χ1) is 9.65. The summed E-state index contributed by atoms with van der Waals surface area (Å²) in [6.07, 6.45) is 1.37. The van der Waals surface area contributed by atoms with Gasteiger partial charge in [-0.1, -0.05) is 9.64 Å². The zero-order valence-electron chi connectivity index (χ0n) is 10.4. The number of amides is 1. The van der Waals surface area contributed by atoms with Crippen LogP contribution in [-0.2, 0) is 0 Å². The van der Waals surface area contributed by atoms with E-state index in [9.17, 15) is 4.79 Å². The molecular weight excluding hydrogens is 282 g/mol. The third-order valence-corrected chi connectivity index (χ3v) is 3.10. The SMILES string of the molecule is COc1cc(/C(N)=N/O)ccc1NC(=O)c1cnns1. The number of aromatic nitrogens is 2. The molecule has 104 valence electrons. The van der Waals surface area contributed by atoms with Crippen molar-refractivity contribution in [2.75, 3.05) is 12.4 Å². The Morgan fingerprint density at radius 1 is 1.55 bits per heavy atom. The zero-order chi connectivity index (χ0) is 14.5. The van der Waals surface area contributed by atoms with Gasteiger partial charge in [-0.05, 0) is 29.7 Å². The number of nitrogens with one attached hydrogen (secondary N) is 1. The number of anilines is 1. The summed E-state index contributed by atoms with van der Waals surface area (Å²) < 4.78 is 8.78. The van der Waals surface area contributed by atoms with Crippen LogP contribution in [-0.4, -0.2) is 33.6 Å².